The Morgan fingerprint density at radius 1 is 1.00 bits per heavy atom. The van der Waals surface area contributed by atoms with Crippen molar-refractivity contribution in [1.82, 2.24) is 5.32 Å². The molecule has 2 amide bonds. The highest BCUT2D eigenvalue weighted by molar-refractivity contribution is 5.96. The third-order valence-corrected chi connectivity index (χ3v) is 3.69. The van der Waals surface area contributed by atoms with E-state index in [0.717, 1.165) is 18.4 Å². The molecule has 5 heteroatoms. The molecule has 5 nitrogen and oxygen atoms in total. The van der Waals surface area contributed by atoms with Gasteiger partial charge in [-0.1, -0.05) is 30.3 Å². The van der Waals surface area contributed by atoms with Crippen molar-refractivity contribution in [3.8, 4) is 0 Å². The SMILES string of the molecule is O=C(COCc1ccccc1)Nc1ccc(C(=O)NC2CC2)cc1. The maximum atomic E-state index is 11.9. The second-order valence-corrected chi connectivity index (χ2v) is 5.85. The molecule has 1 saturated carbocycles. The van der Waals surface area contributed by atoms with Gasteiger partial charge >= 0.3 is 0 Å². The molecule has 0 bridgehead atoms. The van der Waals surface area contributed by atoms with Crippen molar-refractivity contribution in [3.63, 3.8) is 0 Å². The van der Waals surface area contributed by atoms with Crippen molar-refractivity contribution in [2.45, 2.75) is 25.5 Å². The van der Waals surface area contributed by atoms with E-state index in [2.05, 4.69) is 10.6 Å². The molecule has 2 aromatic carbocycles. The lowest BCUT2D eigenvalue weighted by atomic mass is 10.2. The number of amides is 2. The van der Waals surface area contributed by atoms with Crippen molar-refractivity contribution in [2.75, 3.05) is 11.9 Å². The normalized spacial score (nSPS) is 13.3. The molecular formula is C19H20N2O3. The van der Waals surface area contributed by atoms with E-state index in [0.29, 0.717) is 23.9 Å². The highest BCUT2D eigenvalue weighted by atomic mass is 16.5. The number of ether oxygens (including phenoxy) is 1. The van der Waals surface area contributed by atoms with Gasteiger partial charge in [0.1, 0.15) is 6.61 Å². The fraction of sp³-hybridized carbons (Fsp3) is 0.263. The molecule has 0 radical (unpaired) electrons. The maximum Gasteiger partial charge on any atom is 0.251 e. The zero-order valence-corrected chi connectivity index (χ0v) is 13.3. The molecule has 0 atom stereocenters. The van der Waals surface area contributed by atoms with E-state index in [1.807, 2.05) is 30.3 Å². The highest BCUT2D eigenvalue weighted by Gasteiger charge is 2.23. The zero-order valence-electron chi connectivity index (χ0n) is 13.3. The lowest BCUT2D eigenvalue weighted by molar-refractivity contribution is -0.121. The number of hydrogen-bond donors (Lipinski definition) is 2. The zero-order chi connectivity index (χ0) is 16.8. The smallest absolute Gasteiger partial charge is 0.251 e. The molecule has 0 saturated heterocycles. The number of benzene rings is 2. The Hall–Kier alpha value is -2.66. The van der Waals surface area contributed by atoms with E-state index in [4.69, 9.17) is 4.74 Å². The lowest BCUT2D eigenvalue weighted by Crippen LogP contribution is -2.25. The summed E-state index contributed by atoms with van der Waals surface area (Å²) in [6.45, 7) is 0.382. The van der Waals surface area contributed by atoms with Gasteiger partial charge in [-0.05, 0) is 42.7 Å². The van der Waals surface area contributed by atoms with Gasteiger partial charge in [-0.2, -0.15) is 0 Å². The minimum Gasteiger partial charge on any atom is -0.367 e. The Bertz CT molecular complexity index is 694. The number of rotatable bonds is 7. The Kier molecular flexibility index (Phi) is 5.23. The first kappa shape index (κ1) is 16.2. The van der Waals surface area contributed by atoms with Gasteiger partial charge in [0, 0.05) is 17.3 Å². The predicted octanol–water partition coefficient (Wildman–Crippen LogP) is 2.73. The van der Waals surface area contributed by atoms with Crippen molar-refractivity contribution in [1.29, 1.82) is 0 Å². The van der Waals surface area contributed by atoms with Crippen LogP contribution in [-0.2, 0) is 16.1 Å². The van der Waals surface area contributed by atoms with Crippen LogP contribution in [0.4, 0.5) is 5.69 Å². The molecule has 24 heavy (non-hydrogen) atoms. The van der Waals surface area contributed by atoms with Gasteiger partial charge in [0.2, 0.25) is 5.91 Å². The monoisotopic (exact) mass is 324 g/mol. The van der Waals surface area contributed by atoms with E-state index >= 15 is 0 Å². The van der Waals surface area contributed by atoms with Crippen LogP contribution in [0.5, 0.6) is 0 Å². The second-order valence-electron chi connectivity index (χ2n) is 5.85. The van der Waals surface area contributed by atoms with Crippen LogP contribution in [0.25, 0.3) is 0 Å². The fourth-order valence-electron chi connectivity index (χ4n) is 2.23. The van der Waals surface area contributed by atoms with Crippen LogP contribution in [0, 0.1) is 0 Å². The topological polar surface area (TPSA) is 67.4 Å². The number of nitrogens with one attached hydrogen (secondary N) is 2. The summed E-state index contributed by atoms with van der Waals surface area (Å²) < 4.78 is 5.39. The molecule has 1 aliphatic rings. The standard InChI is InChI=1S/C19H20N2O3/c22-18(13-24-12-14-4-2-1-3-5-14)20-16-8-6-15(7-9-16)19(23)21-17-10-11-17/h1-9,17H,10-13H2,(H,20,22)(H,21,23). The van der Waals surface area contributed by atoms with Crippen molar-refractivity contribution in [3.05, 3.63) is 65.7 Å². The van der Waals surface area contributed by atoms with Gasteiger partial charge in [-0.3, -0.25) is 9.59 Å². The summed E-state index contributed by atoms with van der Waals surface area (Å²) in [7, 11) is 0. The van der Waals surface area contributed by atoms with E-state index < -0.39 is 0 Å². The Balaban J connectivity index is 1.43. The first-order valence-corrected chi connectivity index (χ1v) is 8.03. The first-order chi connectivity index (χ1) is 11.7. The number of carbonyl (C=O) groups excluding carboxylic acids is 2. The molecule has 1 aliphatic carbocycles. The Labute approximate surface area is 141 Å². The van der Waals surface area contributed by atoms with Crippen molar-refractivity contribution >= 4 is 17.5 Å². The lowest BCUT2D eigenvalue weighted by Gasteiger charge is -2.08. The van der Waals surface area contributed by atoms with Crippen LogP contribution in [0.1, 0.15) is 28.8 Å². The van der Waals surface area contributed by atoms with Gasteiger partial charge in [0.25, 0.3) is 5.91 Å². The fourth-order valence-corrected chi connectivity index (χ4v) is 2.23. The van der Waals surface area contributed by atoms with E-state index in [9.17, 15) is 9.59 Å². The van der Waals surface area contributed by atoms with Crippen LogP contribution in [0.15, 0.2) is 54.6 Å². The summed E-state index contributed by atoms with van der Waals surface area (Å²) in [5.41, 5.74) is 2.27. The maximum absolute atomic E-state index is 11.9. The molecule has 0 aromatic heterocycles. The molecule has 2 aromatic rings. The Morgan fingerprint density at radius 2 is 1.71 bits per heavy atom. The molecule has 2 N–H and O–H groups in total. The van der Waals surface area contributed by atoms with E-state index in [-0.39, 0.29) is 18.4 Å². The molecule has 1 fully saturated rings. The van der Waals surface area contributed by atoms with Crippen molar-refractivity contribution in [2.24, 2.45) is 0 Å². The van der Waals surface area contributed by atoms with Crippen LogP contribution >= 0.6 is 0 Å². The third kappa shape index (κ3) is 4.93. The average molecular weight is 324 g/mol. The third-order valence-electron chi connectivity index (χ3n) is 3.69. The average Bonchev–Trinajstić information content (AvgIpc) is 3.40. The van der Waals surface area contributed by atoms with Crippen molar-refractivity contribution < 1.29 is 14.3 Å². The molecule has 0 spiro atoms. The van der Waals surface area contributed by atoms with Crippen LogP contribution < -0.4 is 10.6 Å². The largest absolute Gasteiger partial charge is 0.367 e. The number of anilines is 1. The second kappa shape index (κ2) is 7.75. The molecule has 0 aliphatic heterocycles. The van der Waals surface area contributed by atoms with Crippen LogP contribution in [-0.4, -0.2) is 24.5 Å². The summed E-state index contributed by atoms with van der Waals surface area (Å²) in [6, 6.07) is 16.9. The summed E-state index contributed by atoms with van der Waals surface area (Å²) in [4.78, 5) is 23.7. The van der Waals surface area contributed by atoms with Gasteiger partial charge in [-0.15, -0.1) is 0 Å². The molecule has 0 heterocycles. The summed E-state index contributed by atoms with van der Waals surface area (Å²) in [5.74, 6) is -0.289. The van der Waals surface area contributed by atoms with E-state index in [1.54, 1.807) is 24.3 Å². The Morgan fingerprint density at radius 3 is 2.38 bits per heavy atom. The van der Waals surface area contributed by atoms with Gasteiger partial charge in [0.05, 0.1) is 6.61 Å². The number of carbonyl (C=O) groups is 2. The van der Waals surface area contributed by atoms with Gasteiger partial charge in [0.15, 0.2) is 0 Å². The molecule has 124 valence electrons. The molecule has 0 unspecified atom stereocenters. The quantitative estimate of drug-likeness (QED) is 0.823. The summed E-state index contributed by atoms with van der Waals surface area (Å²) in [5, 5.41) is 5.68. The van der Waals surface area contributed by atoms with Gasteiger partial charge < -0.3 is 15.4 Å². The summed E-state index contributed by atoms with van der Waals surface area (Å²) in [6.07, 6.45) is 2.12. The number of hydrogen-bond acceptors (Lipinski definition) is 3. The van der Waals surface area contributed by atoms with Crippen LogP contribution in [0.3, 0.4) is 0 Å². The van der Waals surface area contributed by atoms with Crippen LogP contribution in [0.2, 0.25) is 0 Å². The van der Waals surface area contributed by atoms with E-state index in [1.165, 1.54) is 0 Å². The first-order valence-electron chi connectivity index (χ1n) is 8.03. The summed E-state index contributed by atoms with van der Waals surface area (Å²) >= 11 is 0. The molecule has 3 rings (SSSR count). The minimum atomic E-state index is -0.221. The van der Waals surface area contributed by atoms with Gasteiger partial charge in [-0.25, -0.2) is 0 Å². The minimum absolute atomic E-state index is 0.0151. The highest BCUT2D eigenvalue weighted by Crippen LogP contribution is 2.19. The predicted molar refractivity (Wildman–Crippen MR) is 91.7 cm³/mol. The molecular weight excluding hydrogens is 304 g/mol.